The third-order valence-corrected chi connectivity index (χ3v) is 5.34. The van der Waals surface area contributed by atoms with Crippen molar-refractivity contribution in [2.24, 2.45) is 5.92 Å². The molecule has 2 heterocycles. The molecule has 0 aliphatic heterocycles. The van der Waals surface area contributed by atoms with Gasteiger partial charge in [0.05, 0.1) is 18.3 Å². The number of hydrogen-bond acceptors (Lipinski definition) is 4. The van der Waals surface area contributed by atoms with Crippen LogP contribution in [0.3, 0.4) is 0 Å². The average Bonchev–Trinajstić information content (AvgIpc) is 3.52. The second-order valence-electron chi connectivity index (χ2n) is 7.65. The lowest BCUT2D eigenvalue weighted by Gasteiger charge is -2.19. The van der Waals surface area contributed by atoms with Gasteiger partial charge in [-0.05, 0) is 49.8 Å². The van der Waals surface area contributed by atoms with Crippen molar-refractivity contribution in [2.45, 2.75) is 45.8 Å². The summed E-state index contributed by atoms with van der Waals surface area (Å²) >= 11 is 0. The smallest absolute Gasteiger partial charge is 0.346 e. The maximum atomic E-state index is 12.8. The number of nitrogens with one attached hydrogen (secondary N) is 1. The molecule has 0 saturated heterocycles. The molecular weight excluding hydrogens is 366 g/mol. The molecule has 1 aliphatic rings. The standard InChI is InChI=1S/C22H25N5O2/c1-15-7-6-12-23-20(15)21(18-10-11-18)24-19(28)14-27-22(29)26(16(2)25-27)13-17-8-4-3-5-9-17/h3-9,12,18,21H,10-11,13-14H2,1-2H3,(H,24,28)/t21-/m0/s1. The highest BCUT2D eigenvalue weighted by Crippen LogP contribution is 2.41. The van der Waals surface area contributed by atoms with E-state index in [0.717, 1.165) is 29.7 Å². The summed E-state index contributed by atoms with van der Waals surface area (Å²) in [6, 6.07) is 13.5. The quantitative estimate of drug-likeness (QED) is 0.670. The van der Waals surface area contributed by atoms with Crippen LogP contribution in [0.5, 0.6) is 0 Å². The van der Waals surface area contributed by atoms with Crippen molar-refractivity contribution >= 4 is 5.91 Å². The van der Waals surface area contributed by atoms with E-state index in [-0.39, 0.29) is 24.2 Å². The third kappa shape index (κ3) is 4.29. The fourth-order valence-corrected chi connectivity index (χ4v) is 3.62. The first-order valence-corrected chi connectivity index (χ1v) is 9.92. The van der Waals surface area contributed by atoms with Gasteiger partial charge in [0.1, 0.15) is 12.4 Å². The molecule has 0 bridgehead atoms. The number of nitrogens with zero attached hydrogens (tertiary/aromatic N) is 4. The van der Waals surface area contributed by atoms with Crippen molar-refractivity contribution in [3.8, 4) is 0 Å². The number of aryl methyl sites for hydroxylation is 2. The van der Waals surface area contributed by atoms with Gasteiger partial charge in [-0.2, -0.15) is 5.10 Å². The lowest BCUT2D eigenvalue weighted by atomic mass is 10.0. The molecule has 1 atom stereocenters. The molecule has 1 aliphatic carbocycles. The molecule has 1 aromatic carbocycles. The molecule has 4 rings (SSSR count). The van der Waals surface area contributed by atoms with Crippen molar-refractivity contribution in [3.05, 3.63) is 81.8 Å². The van der Waals surface area contributed by atoms with Crippen LogP contribution in [-0.4, -0.2) is 25.2 Å². The Morgan fingerprint density at radius 2 is 1.93 bits per heavy atom. The zero-order chi connectivity index (χ0) is 20.4. The Hall–Kier alpha value is -3.22. The van der Waals surface area contributed by atoms with Gasteiger partial charge in [0.25, 0.3) is 0 Å². The summed E-state index contributed by atoms with van der Waals surface area (Å²) in [7, 11) is 0. The Kier molecular flexibility index (Phi) is 5.29. The number of benzene rings is 1. The van der Waals surface area contributed by atoms with Gasteiger partial charge in [0.15, 0.2) is 0 Å². The van der Waals surface area contributed by atoms with Gasteiger partial charge >= 0.3 is 5.69 Å². The van der Waals surface area contributed by atoms with E-state index in [9.17, 15) is 9.59 Å². The van der Waals surface area contributed by atoms with Crippen LogP contribution < -0.4 is 11.0 Å². The van der Waals surface area contributed by atoms with E-state index < -0.39 is 0 Å². The summed E-state index contributed by atoms with van der Waals surface area (Å²) in [4.78, 5) is 30.0. The van der Waals surface area contributed by atoms with Crippen molar-refractivity contribution in [1.29, 1.82) is 0 Å². The minimum atomic E-state index is -0.279. The first-order chi connectivity index (χ1) is 14.0. The summed E-state index contributed by atoms with van der Waals surface area (Å²) in [5, 5.41) is 7.37. The second-order valence-corrected chi connectivity index (χ2v) is 7.65. The van der Waals surface area contributed by atoms with Crippen LogP contribution in [0.4, 0.5) is 0 Å². The highest BCUT2D eigenvalue weighted by atomic mass is 16.2. The maximum Gasteiger partial charge on any atom is 0.346 e. The fourth-order valence-electron chi connectivity index (χ4n) is 3.62. The summed E-state index contributed by atoms with van der Waals surface area (Å²) in [6.07, 6.45) is 3.90. The van der Waals surface area contributed by atoms with Crippen molar-refractivity contribution < 1.29 is 4.79 Å². The van der Waals surface area contributed by atoms with E-state index >= 15 is 0 Å². The summed E-state index contributed by atoms with van der Waals surface area (Å²) in [5.41, 5.74) is 2.70. The third-order valence-electron chi connectivity index (χ3n) is 5.34. The minimum Gasteiger partial charge on any atom is -0.346 e. The van der Waals surface area contributed by atoms with Crippen LogP contribution in [0, 0.1) is 19.8 Å². The first kappa shape index (κ1) is 19.1. The van der Waals surface area contributed by atoms with Gasteiger partial charge in [0, 0.05) is 6.20 Å². The van der Waals surface area contributed by atoms with E-state index in [2.05, 4.69) is 15.4 Å². The predicted molar refractivity (Wildman–Crippen MR) is 109 cm³/mol. The van der Waals surface area contributed by atoms with Gasteiger partial charge in [-0.15, -0.1) is 0 Å². The van der Waals surface area contributed by atoms with Gasteiger partial charge in [-0.25, -0.2) is 9.48 Å². The normalized spacial score (nSPS) is 14.6. The van der Waals surface area contributed by atoms with Crippen molar-refractivity contribution in [1.82, 2.24) is 24.6 Å². The van der Waals surface area contributed by atoms with Gasteiger partial charge in [0.2, 0.25) is 5.91 Å². The summed E-state index contributed by atoms with van der Waals surface area (Å²) in [6.45, 7) is 4.12. The molecule has 1 fully saturated rings. The number of pyridine rings is 1. The largest absolute Gasteiger partial charge is 0.346 e. The molecule has 2 aromatic heterocycles. The molecular formula is C22H25N5O2. The van der Waals surface area contributed by atoms with E-state index in [1.807, 2.05) is 49.4 Å². The van der Waals surface area contributed by atoms with E-state index in [4.69, 9.17) is 0 Å². The molecule has 7 heteroatoms. The van der Waals surface area contributed by atoms with Crippen LogP contribution in [0.15, 0.2) is 53.5 Å². The number of rotatable bonds is 7. The average molecular weight is 391 g/mol. The van der Waals surface area contributed by atoms with Crippen LogP contribution in [-0.2, 0) is 17.9 Å². The maximum absolute atomic E-state index is 12.8. The zero-order valence-corrected chi connectivity index (χ0v) is 16.7. The van der Waals surface area contributed by atoms with Gasteiger partial charge < -0.3 is 5.32 Å². The number of hydrogen-bond donors (Lipinski definition) is 1. The Bertz CT molecular complexity index is 1070. The van der Waals surface area contributed by atoms with E-state index in [1.165, 1.54) is 4.68 Å². The Balaban J connectivity index is 1.49. The van der Waals surface area contributed by atoms with Crippen molar-refractivity contribution in [3.63, 3.8) is 0 Å². The highest BCUT2D eigenvalue weighted by molar-refractivity contribution is 5.76. The second kappa shape index (κ2) is 8.03. The fraction of sp³-hybridized carbons (Fsp3) is 0.364. The van der Waals surface area contributed by atoms with Gasteiger partial charge in [-0.3, -0.25) is 14.3 Å². The zero-order valence-electron chi connectivity index (χ0n) is 16.7. The molecule has 3 aromatic rings. The molecule has 0 radical (unpaired) electrons. The Labute approximate surface area is 169 Å². The number of amides is 1. The number of carbonyl (C=O) groups is 1. The lowest BCUT2D eigenvalue weighted by molar-refractivity contribution is -0.122. The highest BCUT2D eigenvalue weighted by Gasteiger charge is 2.35. The van der Waals surface area contributed by atoms with Crippen LogP contribution in [0.1, 0.15) is 41.5 Å². The molecule has 29 heavy (non-hydrogen) atoms. The topological polar surface area (TPSA) is 81.8 Å². The molecule has 150 valence electrons. The molecule has 1 N–H and O–H groups in total. The monoisotopic (exact) mass is 391 g/mol. The number of carbonyl (C=O) groups excluding carboxylic acids is 1. The van der Waals surface area contributed by atoms with E-state index in [1.54, 1.807) is 17.7 Å². The summed E-state index contributed by atoms with van der Waals surface area (Å²) < 4.78 is 2.83. The van der Waals surface area contributed by atoms with Crippen LogP contribution in [0.2, 0.25) is 0 Å². The lowest BCUT2D eigenvalue weighted by Crippen LogP contribution is -2.37. The van der Waals surface area contributed by atoms with Crippen LogP contribution in [0.25, 0.3) is 0 Å². The van der Waals surface area contributed by atoms with E-state index in [0.29, 0.717) is 18.3 Å². The number of aromatic nitrogens is 4. The van der Waals surface area contributed by atoms with Crippen LogP contribution >= 0.6 is 0 Å². The molecule has 7 nitrogen and oxygen atoms in total. The SMILES string of the molecule is Cc1cccnc1[C@@H](NC(=O)Cn1nc(C)n(Cc2ccccc2)c1=O)C1CC1. The minimum absolute atomic E-state index is 0.101. The molecule has 1 amide bonds. The van der Waals surface area contributed by atoms with Gasteiger partial charge in [-0.1, -0.05) is 36.4 Å². The molecule has 1 saturated carbocycles. The molecule has 0 spiro atoms. The summed E-state index contributed by atoms with van der Waals surface area (Å²) in [5.74, 6) is 0.769. The Morgan fingerprint density at radius 1 is 1.17 bits per heavy atom. The molecule has 0 unspecified atom stereocenters. The Morgan fingerprint density at radius 3 is 2.62 bits per heavy atom. The van der Waals surface area contributed by atoms with Crippen molar-refractivity contribution in [2.75, 3.05) is 0 Å². The first-order valence-electron chi connectivity index (χ1n) is 9.92. The predicted octanol–water partition coefficient (Wildman–Crippen LogP) is 2.37.